The van der Waals surface area contributed by atoms with Crippen LogP contribution in [0.5, 0.6) is 11.5 Å². The van der Waals surface area contributed by atoms with Crippen molar-refractivity contribution in [3.05, 3.63) is 53.7 Å². The molecule has 2 N–H and O–H groups in total. The highest BCUT2D eigenvalue weighted by atomic mass is 35.5. The molecule has 8 heteroatoms. The van der Waals surface area contributed by atoms with Gasteiger partial charge < -0.3 is 20.1 Å². The zero-order chi connectivity index (χ0) is 18.4. The van der Waals surface area contributed by atoms with Gasteiger partial charge in [0.2, 0.25) is 5.95 Å². The molecule has 0 saturated carbocycles. The maximum Gasteiger partial charge on any atom is 0.249 e. The van der Waals surface area contributed by atoms with Gasteiger partial charge in [0.25, 0.3) is 0 Å². The molecule has 2 aromatic carbocycles. The predicted molar refractivity (Wildman–Crippen MR) is 102 cm³/mol. The number of hydrogen-bond donors (Lipinski definition) is 2. The number of benzene rings is 2. The van der Waals surface area contributed by atoms with Gasteiger partial charge >= 0.3 is 0 Å². The van der Waals surface area contributed by atoms with Crippen molar-refractivity contribution in [2.24, 2.45) is 0 Å². The highest BCUT2D eigenvalue weighted by molar-refractivity contribution is 6.31. The third kappa shape index (κ3) is 4.31. The molecule has 0 radical (unpaired) electrons. The summed E-state index contributed by atoms with van der Waals surface area (Å²) >= 11 is 6.05. The molecule has 3 rings (SSSR count). The Bertz CT molecular complexity index is 891. The van der Waals surface area contributed by atoms with E-state index in [-0.39, 0.29) is 0 Å². The number of hydrogen-bond acceptors (Lipinski definition) is 7. The first-order valence-electron chi connectivity index (χ1n) is 7.98. The van der Waals surface area contributed by atoms with Crippen LogP contribution in [0.25, 0.3) is 0 Å². The van der Waals surface area contributed by atoms with Crippen molar-refractivity contribution in [3.63, 3.8) is 0 Å². The Morgan fingerprint density at radius 1 is 1.04 bits per heavy atom. The van der Waals surface area contributed by atoms with Crippen LogP contribution >= 0.6 is 11.6 Å². The van der Waals surface area contributed by atoms with Crippen LogP contribution in [0.15, 0.2) is 48.7 Å². The fraction of sp³-hybridized carbons (Fsp3) is 0.167. The lowest BCUT2D eigenvalue weighted by Crippen LogP contribution is -2.04. The standard InChI is InChI=1S/C18H18ClN5O2/c1-3-26-16-7-5-4-6-13(16)21-17-11-20-24-18(23-17)22-14-10-12(19)8-9-15(14)25-2/h4-11H,3H2,1-2H3,(H2,21,22,23,24). The summed E-state index contributed by atoms with van der Waals surface area (Å²) in [4.78, 5) is 4.42. The quantitative estimate of drug-likeness (QED) is 0.636. The number of aromatic nitrogens is 3. The highest BCUT2D eigenvalue weighted by Gasteiger charge is 2.09. The molecule has 0 aliphatic carbocycles. The third-order valence-electron chi connectivity index (χ3n) is 3.42. The van der Waals surface area contributed by atoms with E-state index < -0.39 is 0 Å². The molecule has 0 bridgehead atoms. The molecular weight excluding hydrogens is 354 g/mol. The third-order valence-corrected chi connectivity index (χ3v) is 3.65. The fourth-order valence-corrected chi connectivity index (χ4v) is 2.48. The minimum atomic E-state index is 0.310. The number of ether oxygens (including phenoxy) is 2. The van der Waals surface area contributed by atoms with Crippen molar-refractivity contribution in [1.29, 1.82) is 0 Å². The zero-order valence-electron chi connectivity index (χ0n) is 14.4. The number of halogens is 1. The Balaban J connectivity index is 1.82. The SMILES string of the molecule is CCOc1ccccc1Nc1cnnc(Nc2cc(Cl)ccc2OC)n1. The van der Waals surface area contributed by atoms with E-state index in [1.54, 1.807) is 25.3 Å². The number of nitrogens with one attached hydrogen (secondary N) is 2. The molecule has 0 aliphatic heterocycles. The van der Waals surface area contributed by atoms with Gasteiger partial charge in [-0.1, -0.05) is 23.7 Å². The van der Waals surface area contributed by atoms with E-state index in [4.69, 9.17) is 21.1 Å². The molecule has 0 unspecified atom stereocenters. The average Bonchev–Trinajstić information content (AvgIpc) is 2.64. The Labute approximate surface area is 156 Å². The Hall–Kier alpha value is -3.06. The van der Waals surface area contributed by atoms with Crippen molar-refractivity contribution in [2.75, 3.05) is 24.4 Å². The van der Waals surface area contributed by atoms with Gasteiger partial charge in [0.15, 0.2) is 5.82 Å². The minimum Gasteiger partial charge on any atom is -0.495 e. The van der Waals surface area contributed by atoms with Crippen LogP contribution in [0, 0.1) is 0 Å². The van der Waals surface area contributed by atoms with Gasteiger partial charge in [-0.2, -0.15) is 10.1 Å². The Kier molecular flexibility index (Phi) is 5.70. The van der Waals surface area contributed by atoms with Crippen LogP contribution in [0.2, 0.25) is 5.02 Å². The molecule has 0 atom stereocenters. The van der Waals surface area contributed by atoms with Crippen molar-refractivity contribution in [3.8, 4) is 11.5 Å². The molecule has 0 fully saturated rings. The molecule has 3 aromatic rings. The fourth-order valence-electron chi connectivity index (χ4n) is 2.30. The van der Waals surface area contributed by atoms with Crippen molar-refractivity contribution in [2.45, 2.75) is 6.92 Å². The summed E-state index contributed by atoms with van der Waals surface area (Å²) in [6.07, 6.45) is 1.53. The largest absolute Gasteiger partial charge is 0.495 e. The molecule has 0 spiro atoms. The summed E-state index contributed by atoms with van der Waals surface area (Å²) in [5.74, 6) is 2.19. The van der Waals surface area contributed by atoms with Gasteiger partial charge in [0.1, 0.15) is 11.5 Å². The number of para-hydroxylation sites is 2. The molecule has 1 heterocycles. The van der Waals surface area contributed by atoms with Crippen LogP contribution < -0.4 is 20.1 Å². The second kappa shape index (κ2) is 8.35. The normalized spacial score (nSPS) is 10.3. The molecule has 1 aromatic heterocycles. The van der Waals surface area contributed by atoms with E-state index in [1.165, 1.54) is 6.20 Å². The van der Waals surface area contributed by atoms with E-state index in [0.717, 1.165) is 11.4 Å². The molecule has 0 aliphatic rings. The van der Waals surface area contributed by atoms with Crippen molar-refractivity contribution < 1.29 is 9.47 Å². The number of rotatable bonds is 7. The predicted octanol–water partition coefficient (Wildman–Crippen LogP) is 4.42. The van der Waals surface area contributed by atoms with Crippen LogP contribution in [0.3, 0.4) is 0 Å². The first-order chi connectivity index (χ1) is 12.7. The van der Waals surface area contributed by atoms with Crippen molar-refractivity contribution in [1.82, 2.24) is 15.2 Å². The molecule has 26 heavy (non-hydrogen) atoms. The van der Waals surface area contributed by atoms with Crippen molar-refractivity contribution >= 4 is 34.7 Å². The lowest BCUT2D eigenvalue weighted by molar-refractivity contribution is 0.342. The molecule has 0 amide bonds. The number of nitrogens with zero attached hydrogens (tertiary/aromatic N) is 3. The van der Waals surface area contributed by atoms with Gasteiger partial charge in [0, 0.05) is 5.02 Å². The van der Waals surface area contributed by atoms with Gasteiger partial charge in [-0.3, -0.25) is 0 Å². The monoisotopic (exact) mass is 371 g/mol. The van der Waals surface area contributed by atoms with Gasteiger partial charge in [0.05, 0.1) is 31.3 Å². The molecule has 134 valence electrons. The first kappa shape index (κ1) is 17.8. The van der Waals surface area contributed by atoms with Crippen LogP contribution in [-0.2, 0) is 0 Å². The second-order valence-corrected chi connectivity index (χ2v) is 5.63. The maximum absolute atomic E-state index is 6.05. The molecule has 0 saturated heterocycles. The molecule has 7 nitrogen and oxygen atoms in total. The minimum absolute atomic E-state index is 0.310. The van der Waals surface area contributed by atoms with Gasteiger partial charge in [-0.15, -0.1) is 5.10 Å². The smallest absolute Gasteiger partial charge is 0.249 e. The maximum atomic E-state index is 6.05. The summed E-state index contributed by atoms with van der Waals surface area (Å²) in [6.45, 7) is 2.51. The lowest BCUT2D eigenvalue weighted by Gasteiger charge is -2.13. The van der Waals surface area contributed by atoms with Crippen LogP contribution in [0.4, 0.5) is 23.1 Å². The number of methoxy groups -OCH3 is 1. The summed E-state index contributed by atoms with van der Waals surface area (Å²) < 4.78 is 10.9. The average molecular weight is 372 g/mol. The first-order valence-corrected chi connectivity index (χ1v) is 8.36. The van der Waals surface area contributed by atoms with Crippen LogP contribution in [-0.4, -0.2) is 28.9 Å². The van der Waals surface area contributed by atoms with Crippen LogP contribution in [0.1, 0.15) is 6.92 Å². The zero-order valence-corrected chi connectivity index (χ0v) is 15.1. The topological polar surface area (TPSA) is 81.2 Å². The molecular formula is C18H18ClN5O2. The summed E-state index contributed by atoms with van der Waals surface area (Å²) in [7, 11) is 1.58. The summed E-state index contributed by atoms with van der Waals surface area (Å²) in [5.41, 5.74) is 1.44. The van der Waals surface area contributed by atoms with E-state index in [9.17, 15) is 0 Å². The summed E-state index contributed by atoms with van der Waals surface area (Å²) in [6, 6.07) is 12.8. The lowest BCUT2D eigenvalue weighted by atomic mass is 10.3. The number of anilines is 4. The highest BCUT2D eigenvalue weighted by Crippen LogP contribution is 2.30. The van der Waals surface area contributed by atoms with E-state index in [2.05, 4.69) is 25.8 Å². The Morgan fingerprint density at radius 3 is 2.69 bits per heavy atom. The second-order valence-electron chi connectivity index (χ2n) is 5.19. The Morgan fingerprint density at radius 2 is 1.88 bits per heavy atom. The van der Waals surface area contributed by atoms with E-state index >= 15 is 0 Å². The van der Waals surface area contributed by atoms with E-state index in [1.807, 2.05) is 31.2 Å². The van der Waals surface area contributed by atoms with Gasteiger partial charge in [-0.05, 0) is 37.3 Å². The van der Waals surface area contributed by atoms with Gasteiger partial charge in [-0.25, -0.2) is 0 Å². The summed E-state index contributed by atoms with van der Waals surface area (Å²) in [5, 5.41) is 14.8. The van der Waals surface area contributed by atoms with E-state index in [0.29, 0.717) is 34.8 Å².